The number of ether oxygens (including phenoxy) is 2. The Labute approximate surface area is 149 Å². The van der Waals surface area contributed by atoms with Gasteiger partial charge < -0.3 is 19.9 Å². The summed E-state index contributed by atoms with van der Waals surface area (Å²) in [7, 11) is 3.36. The number of benzene rings is 2. The van der Waals surface area contributed by atoms with Crippen molar-refractivity contribution < 1.29 is 19.9 Å². The Kier molecular flexibility index (Phi) is 5.61. The Hall–Kier alpha value is -2.04. The molecule has 1 heterocycles. The van der Waals surface area contributed by atoms with E-state index in [0.717, 1.165) is 24.3 Å². The van der Waals surface area contributed by atoms with Crippen LogP contribution in [0.5, 0.6) is 11.5 Å². The summed E-state index contributed by atoms with van der Waals surface area (Å²) in [4.78, 5) is 0. The molecule has 4 heteroatoms. The van der Waals surface area contributed by atoms with Crippen LogP contribution in [0, 0.1) is 5.92 Å². The van der Waals surface area contributed by atoms with E-state index in [2.05, 4.69) is 36.5 Å². The largest absolute Gasteiger partial charge is 0.497 e. The smallest absolute Gasteiger partial charge is 0.118 e. The molecule has 0 amide bonds. The van der Waals surface area contributed by atoms with Gasteiger partial charge in [0.05, 0.1) is 20.3 Å². The van der Waals surface area contributed by atoms with Gasteiger partial charge in [-0.15, -0.1) is 0 Å². The van der Waals surface area contributed by atoms with E-state index in [1.807, 2.05) is 24.3 Å². The number of rotatable bonds is 5. The van der Waals surface area contributed by atoms with Gasteiger partial charge >= 0.3 is 0 Å². The fourth-order valence-corrected chi connectivity index (χ4v) is 3.95. The van der Waals surface area contributed by atoms with Gasteiger partial charge in [0, 0.05) is 23.5 Å². The van der Waals surface area contributed by atoms with Gasteiger partial charge in [-0.1, -0.05) is 6.92 Å². The Morgan fingerprint density at radius 1 is 0.920 bits per heavy atom. The number of piperidine rings is 1. The van der Waals surface area contributed by atoms with Crippen molar-refractivity contribution in [1.82, 2.24) is 0 Å². The van der Waals surface area contributed by atoms with Crippen LogP contribution in [-0.4, -0.2) is 25.4 Å². The second-order valence-electron chi connectivity index (χ2n) is 6.75. The van der Waals surface area contributed by atoms with Gasteiger partial charge in [0.2, 0.25) is 0 Å². The number of aliphatic hydroxyl groups is 1. The summed E-state index contributed by atoms with van der Waals surface area (Å²) in [5.41, 5.74) is 2.47. The average Bonchev–Trinajstić information content (AvgIpc) is 2.67. The molecule has 1 saturated heterocycles. The van der Waals surface area contributed by atoms with Gasteiger partial charge in [-0.25, -0.2) is 0 Å². The third-order valence-corrected chi connectivity index (χ3v) is 5.41. The molecule has 1 fully saturated rings. The van der Waals surface area contributed by atoms with E-state index in [0.29, 0.717) is 0 Å². The first-order valence-corrected chi connectivity index (χ1v) is 8.97. The summed E-state index contributed by atoms with van der Waals surface area (Å²) < 4.78 is 10.5. The lowest BCUT2D eigenvalue weighted by molar-refractivity contribution is -0.753. The lowest BCUT2D eigenvalue weighted by Gasteiger charge is -2.38. The second kappa shape index (κ2) is 7.89. The molecule has 0 bridgehead atoms. The fourth-order valence-electron chi connectivity index (χ4n) is 3.95. The Morgan fingerprint density at radius 2 is 1.44 bits per heavy atom. The molecule has 4 atom stereocenters. The molecule has 0 spiro atoms. The van der Waals surface area contributed by atoms with E-state index in [-0.39, 0.29) is 24.1 Å². The number of hydrogen-bond donors (Lipinski definition) is 2. The summed E-state index contributed by atoms with van der Waals surface area (Å²) in [5.74, 6) is 1.97. The molecule has 0 radical (unpaired) electrons. The van der Waals surface area contributed by atoms with Gasteiger partial charge in [0.1, 0.15) is 23.6 Å². The summed E-state index contributed by atoms with van der Waals surface area (Å²) >= 11 is 0. The highest BCUT2D eigenvalue weighted by Crippen LogP contribution is 2.34. The number of nitrogens with two attached hydrogens (primary N) is 1. The summed E-state index contributed by atoms with van der Waals surface area (Å²) in [6.45, 7) is 2.16. The maximum absolute atomic E-state index is 10.8. The molecule has 2 aromatic carbocycles. The van der Waals surface area contributed by atoms with Gasteiger partial charge in [-0.3, -0.25) is 0 Å². The molecule has 134 valence electrons. The molecule has 2 aromatic rings. The van der Waals surface area contributed by atoms with Crippen LogP contribution in [0.4, 0.5) is 0 Å². The SMILES string of the molecule is CC[C@H]1[C@H](O)C[C@H](c2ccc(OC)cc2)[NH2+][C@@H]1c1ccc(OC)cc1. The van der Waals surface area contributed by atoms with Gasteiger partial charge in [0.15, 0.2) is 0 Å². The first-order valence-electron chi connectivity index (χ1n) is 8.97. The standard InChI is InChI=1S/C21H27NO3/c1-4-18-20(23)13-19(14-5-9-16(24-2)10-6-14)22-21(18)15-7-11-17(25-3)12-8-15/h5-12,18-23H,4,13H2,1-3H3/p+1/t18-,19+,20+,21+/m0/s1. The zero-order valence-electron chi connectivity index (χ0n) is 15.2. The zero-order chi connectivity index (χ0) is 17.8. The maximum Gasteiger partial charge on any atom is 0.118 e. The summed E-state index contributed by atoms with van der Waals surface area (Å²) in [6.07, 6.45) is 1.44. The van der Waals surface area contributed by atoms with Crippen LogP contribution in [0.15, 0.2) is 48.5 Å². The van der Waals surface area contributed by atoms with E-state index in [1.165, 1.54) is 11.1 Å². The van der Waals surface area contributed by atoms with Crippen molar-refractivity contribution in [3.05, 3.63) is 59.7 Å². The predicted molar refractivity (Wildman–Crippen MR) is 97.8 cm³/mol. The van der Waals surface area contributed by atoms with Crippen LogP contribution in [0.25, 0.3) is 0 Å². The minimum Gasteiger partial charge on any atom is -0.497 e. The van der Waals surface area contributed by atoms with E-state index in [9.17, 15) is 5.11 Å². The normalized spacial score (nSPS) is 26.2. The Morgan fingerprint density at radius 3 is 1.92 bits per heavy atom. The number of quaternary nitrogens is 1. The molecule has 0 aliphatic carbocycles. The number of hydrogen-bond acceptors (Lipinski definition) is 3. The van der Waals surface area contributed by atoms with Crippen LogP contribution in [0.2, 0.25) is 0 Å². The van der Waals surface area contributed by atoms with E-state index in [1.54, 1.807) is 14.2 Å². The Bertz CT molecular complexity index is 669. The molecule has 1 aliphatic heterocycles. The number of methoxy groups -OCH3 is 2. The zero-order valence-corrected chi connectivity index (χ0v) is 15.2. The molecule has 4 nitrogen and oxygen atoms in total. The molecule has 0 aromatic heterocycles. The minimum absolute atomic E-state index is 0.242. The number of aliphatic hydroxyl groups excluding tert-OH is 1. The maximum atomic E-state index is 10.8. The molecular formula is C21H28NO3+. The monoisotopic (exact) mass is 342 g/mol. The van der Waals surface area contributed by atoms with Crippen molar-refractivity contribution in [2.24, 2.45) is 5.92 Å². The third-order valence-electron chi connectivity index (χ3n) is 5.41. The van der Waals surface area contributed by atoms with E-state index in [4.69, 9.17) is 9.47 Å². The molecule has 0 saturated carbocycles. The molecule has 25 heavy (non-hydrogen) atoms. The molecule has 3 N–H and O–H groups in total. The lowest BCUT2D eigenvalue weighted by Crippen LogP contribution is -2.90. The molecule has 1 aliphatic rings. The molecule has 0 unspecified atom stereocenters. The topological polar surface area (TPSA) is 55.3 Å². The van der Waals surface area contributed by atoms with Crippen LogP contribution >= 0.6 is 0 Å². The highest BCUT2D eigenvalue weighted by atomic mass is 16.5. The predicted octanol–water partition coefficient (Wildman–Crippen LogP) is 2.84. The van der Waals surface area contributed by atoms with Gasteiger partial charge in [-0.05, 0) is 55.0 Å². The minimum atomic E-state index is -0.297. The molecule has 3 rings (SSSR count). The third kappa shape index (κ3) is 3.80. The van der Waals surface area contributed by atoms with Crippen molar-refractivity contribution in [2.75, 3.05) is 14.2 Å². The average molecular weight is 342 g/mol. The Balaban J connectivity index is 1.85. The van der Waals surface area contributed by atoms with E-state index >= 15 is 0 Å². The van der Waals surface area contributed by atoms with Crippen molar-refractivity contribution in [2.45, 2.75) is 38.0 Å². The lowest BCUT2D eigenvalue weighted by atomic mass is 9.78. The first kappa shape index (κ1) is 17.8. The second-order valence-corrected chi connectivity index (χ2v) is 6.75. The van der Waals surface area contributed by atoms with Crippen LogP contribution in [-0.2, 0) is 0 Å². The fraction of sp³-hybridized carbons (Fsp3) is 0.429. The van der Waals surface area contributed by atoms with Crippen LogP contribution < -0.4 is 14.8 Å². The summed E-state index contributed by atoms with van der Waals surface area (Å²) in [5, 5.41) is 13.2. The highest BCUT2D eigenvalue weighted by Gasteiger charge is 2.40. The van der Waals surface area contributed by atoms with Crippen molar-refractivity contribution in [3.63, 3.8) is 0 Å². The van der Waals surface area contributed by atoms with Crippen molar-refractivity contribution in [3.8, 4) is 11.5 Å². The summed E-state index contributed by atoms with van der Waals surface area (Å²) in [6, 6.07) is 16.9. The van der Waals surface area contributed by atoms with Crippen molar-refractivity contribution in [1.29, 1.82) is 0 Å². The van der Waals surface area contributed by atoms with Crippen LogP contribution in [0.1, 0.15) is 43.0 Å². The highest BCUT2D eigenvalue weighted by molar-refractivity contribution is 5.30. The van der Waals surface area contributed by atoms with Crippen molar-refractivity contribution >= 4 is 0 Å². The van der Waals surface area contributed by atoms with Gasteiger partial charge in [-0.2, -0.15) is 0 Å². The molecular weight excluding hydrogens is 314 g/mol. The van der Waals surface area contributed by atoms with Crippen LogP contribution in [0.3, 0.4) is 0 Å². The van der Waals surface area contributed by atoms with E-state index < -0.39 is 0 Å². The quantitative estimate of drug-likeness (QED) is 0.878. The van der Waals surface area contributed by atoms with Gasteiger partial charge in [0.25, 0.3) is 0 Å². The first-order chi connectivity index (χ1) is 12.2.